The second-order valence-electron chi connectivity index (χ2n) is 9.84. The highest BCUT2D eigenvalue weighted by atomic mass is 16.2. The number of aryl methyl sites for hydroxylation is 1. The monoisotopic (exact) mass is 456 g/mol. The van der Waals surface area contributed by atoms with E-state index in [0.717, 1.165) is 76.5 Å². The first-order chi connectivity index (χ1) is 16.0. The number of aromatic nitrogens is 1. The summed E-state index contributed by atoms with van der Waals surface area (Å²) in [6.07, 6.45) is 6.61. The number of pyridine rings is 1. The lowest BCUT2D eigenvalue weighted by atomic mass is 9.89. The molecule has 0 radical (unpaired) electrons. The zero-order chi connectivity index (χ0) is 23.2. The number of hydrogen-bond acceptors (Lipinski definition) is 5. The predicted molar refractivity (Wildman–Crippen MR) is 131 cm³/mol. The van der Waals surface area contributed by atoms with Gasteiger partial charge in [-0.25, -0.2) is 9.78 Å². The topological polar surface area (TPSA) is 72.0 Å². The number of urea groups is 1. The highest BCUT2D eigenvalue weighted by Gasteiger charge is 2.27. The van der Waals surface area contributed by atoms with Gasteiger partial charge in [0, 0.05) is 52.0 Å². The van der Waals surface area contributed by atoms with Gasteiger partial charge in [-0.1, -0.05) is 6.07 Å². The Morgan fingerprint density at radius 1 is 1.00 bits per heavy atom. The largest absolute Gasteiger partial charge is 0.358 e. The van der Waals surface area contributed by atoms with E-state index in [9.17, 15) is 9.59 Å². The molecule has 8 heteroatoms. The second kappa shape index (κ2) is 11.2. The summed E-state index contributed by atoms with van der Waals surface area (Å²) in [5.74, 6) is 1.52. The number of amides is 3. The first kappa shape index (κ1) is 23.8. The summed E-state index contributed by atoms with van der Waals surface area (Å²) >= 11 is 0. The predicted octanol–water partition coefficient (Wildman–Crippen LogP) is 2.43. The van der Waals surface area contributed by atoms with Crippen molar-refractivity contribution in [3.63, 3.8) is 0 Å². The summed E-state index contributed by atoms with van der Waals surface area (Å²) in [6, 6.07) is 4.24. The molecule has 3 aliphatic heterocycles. The summed E-state index contributed by atoms with van der Waals surface area (Å²) < 4.78 is 0. The fourth-order valence-electron chi connectivity index (χ4n) is 5.32. The summed E-state index contributed by atoms with van der Waals surface area (Å²) in [6.45, 7) is 9.70. The van der Waals surface area contributed by atoms with Crippen LogP contribution in [0.3, 0.4) is 0 Å². The minimum atomic E-state index is -0.108. The average Bonchev–Trinajstić information content (AvgIpc) is 3.55. The molecule has 1 N–H and O–H groups in total. The molecule has 0 atom stereocenters. The van der Waals surface area contributed by atoms with Gasteiger partial charge in [-0.2, -0.15) is 0 Å². The lowest BCUT2D eigenvalue weighted by Crippen LogP contribution is -2.46. The number of likely N-dealkylation sites (N-methyl/N-ethyl adjacent to an activating group) is 1. The number of rotatable bonds is 7. The third-order valence-electron chi connectivity index (χ3n) is 7.43. The van der Waals surface area contributed by atoms with E-state index in [4.69, 9.17) is 4.98 Å². The molecule has 4 heterocycles. The molecule has 182 valence electrons. The van der Waals surface area contributed by atoms with Gasteiger partial charge < -0.3 is 24.9 Å². The van der Waals surface area contributed by atoms with Gasteiger partial charge in [-0.15, -0.1) is 0 Å². The van der Waals surface area contributed by atoms with Crippen molar-refractivity contribution in [2.45, 2.75) is 51.4 Å². The van der Waals surface area contributed by atoms with E-state index in [1.165, 1.54) is 31.5 Å². The van der Waals surface area contributed by atoms with Crippen molar-refractivity contribution in [3.05, 3.63) is 23.4 Å². The molecular weight excluding hydrogens is 416 g/mol. The number of anilines is 1. The Morgan fingerprint density at radius 2 is 1.67 bits per heavy atom. The van der Waals surface area contributed by atoms with E-state index in [-0.39, 0.29) is 18.5 Å². The minimum Gasteiger partial charge on any atom is -0.358 e. The number of likely N-dealkylation sites (tertiary alicyclic amines) is 3. The Balaban J connectivity index is 1.29. The van der Waals surface area contributed by atoms with Crippen molar-refractivity contribution in [3.8, 4) is 0 Å². The summed E-state index contributed by atoms with van der Waals surface area (Å²) in [5, 5.41) is 2.81. The molecule has 3 amide bonds. The summed E-state index contributed by atoms with van der Waals surface area (Å²) in [4.78, 5) is 38.3. The maximum Gasteiger partial charge on any atom is 0.317 e. The van der Waals surface area contributed by atoms with E-state index in [2.05, 4.69) is 41.2 Å². The minimum absolute atomic E-state index is 0.0194. The van der Waals surface area contributed by atoms with Crippen LogP contribution in [0.4, 0.5) is 10.6 Å². The molecule has 1 aromatic rings. The molecule has 0 aromatic carbocycles. The van der Waals surface area contributed by atoms with Crippen LogP contribution >= 0.6 is 0 Å². The number of nitrogens with zero attached hydrogens (tertiary/aromatic N) is 5. The molecule has 0 aliphatic carbocycles. The van der Waals surface area contributed by atoms with Gasteiger partial charge in [0.05, 0.1) is 6.54 Å². The zero-order valence-electron chi connectivity index (χ0n) is 20.4. The number of nitrogens with one attached hydrogen (secondary N) is 1. The first-order valence-electron chi connectivity index (χ1n) is 12.7. The summed E-state index contributed by atoms with van der Waals surface area (Å²) in [5.41, 5.74) is 2.35. The Bertz CT molecular complexity index is 811. The van der Waals surface area contributed by atoms with Crippen molar-refractivity contribution in [2.24, 2.45) is 0 Å². The van der Waals surface area contributed by atoms with Crippen LogP contribution < -0.4 is 10.2 Å². The Morgan fingerprint density at radius 3 is 2.36 bits per heavy atom. The number of hydrogen-bond donors (Lipinski definition) is 1. The molecule has 3 fully saturated rings. The third kappa shape index (κ3) is 6.16. The van der Waals surface area contributed by atoms with Gasteiger partial charge in [0.2, 0.25) is 5.91 Å². The molecule has 3 saturated heterocycles. The summed E-state index contributed by atoms with van der Waals surface area (Å²) in [7, 11) is 2.16. The van der Waals surface area contributed by atoms with E-state index >= 15 is 0 Å². The molecular formula is C25H40N6O2. The quantitative estimate of drug-likeness (QED) is 0.682. The van der Waals surface area contributed by atoms with Crippen LogP contribution in [0.1, 0.15) is 55.7 Å². The van der Waals surface area contributed by atoms with Crippen LogP contribution in [0.15, 0.2) is 12.1 Å². The Hall–Kier alpha value is -2.35. The van der Waals surface area contributed by atoms with Crippen molar-refractivity contribution >= 4 is 17.8 Å². The molecule has 0 saturated carbocycles. The highest BCUT2D eigenvalue weighted by Crippen LogP contribution is 2.33. The molecule has 4 rings (SSSR count). The maximum atomic E-state index is 12.7. The second-order valence-corrected chi connectivity index (χ2v) is 9.84. The van der Waals surface area contributed by atoms with E-state index in [1.54, 1.807) is 4.90 Å². The van der Waals surface area contributed by atoms with Crippen LogP contribution in [0.2, 0.25) is 0 Å². The van der Waals surface area contributed by atoms with Crippen LogP contribution in [0.5, 0.6) is 0 Å². The fourth-order valence-corrected chi connectivity index (χ4v) is 5.32. The van der Waals surface area contributed by atoms with E-state index in [0.29, 0.717) is 5.92 Å². The highest BCUT2D eigenvalue weighted by molar-refractivity contribution is 5.84. The SMILES string of the molecule is Cc1ccc(C2CCN(C(=O)CNC(=O)N3CCCC3)CC2)c(N(C)CCN2CCCC2)n1. The molecule has 8 nitrogen and oxygen atoms in total. The third-order valence-corrected chi connectivity index (χ3v) is 7.43. The molecule has 33 heavy (non-hydrogen) atoms. The smallest absolute Gasteiger partial charge is 0.317 e. The molecule has 1 aromatic heterocycles. The van der Waals surface area contributed by atoms with Gasteiger partial charge in [-0.3, -0.25) is 4.79 Å². The van der Waals surface area contributed by atoms with Crippen LogP contribution in [-0.2, 0) is 4.79 Å². The normalized spacial score (nSPS) is 19.8. The molecule has 0 bridgehead atoms. The lowest BCUT2D eigenvalue weighted by Gasteiger charge is -2.34. The Labute approximate surface area is 198 Å². The van der Waals surface area contributed by atoms with Crippen molar-refractivity contribution in [1.82, 2.24) is 25.0 Å². The molecule has 0 spiro atoms. The van der Waals surface area contributed by atoms with Gasteiger partial charge in [-0.05, 0) is 76.1 Å². The molecule has 3 aliphatic rings. The standard InChI is InChI=1S/C25H40N6O2/c1-20-7-8-22(24(27-20)28(2)17-18-29-11-3-4-12-29)21-9-15-30(16-10-21)23(32)19-26-25(33)31-13-5-6-14-31/h7-8,21H,3-6,9-19H2,1-2H3,(H,26,33). The van der Waals surface area contributed by atoms with Crippen molar-refractivity contribution < 1.29 is 9.59 Å². The van der Waals surface area contributed by atoms with Crippen LogP contribution in [-0.4, -0.2) is 97.6 Å². The van der Waals surface area contributed by atoms with Crippen LogP contribution in [0, 0.1) is 6.92 Å². The Kier molecular flexibility index (Phi) is 8.06. The first-order valence-corrected chi connectivity index (χ1v) is 12.7. The van der Waals surface area contributed by atoms with Crippen LogP contribution in [0.25, 0.3) is 0 Å². The van der Waals surface area contributed by atoms with E-state index in [1.807, 2.05) is 4.90 Å². The van der Waals surface area contributed by atoms with E-state index < -0.39 is 0 Å². The van der Waals surface area contributed by atoms with Crippen molar-refractivity contribution in [2.75, 3.05) is 70.9 Å². The maximum absolute atomic E-state index is 12.7. The zero-order valence-corrected chi connectivity index (χ0v) is 20.4. The number of carbonyl (C=O) groups excluding carboxylic acids is 2. The molecule has 0 unspecified atom stereocenters. The van der Waals surface area contributed by atoms with Gasteiger partial charge in [0.25, 0.3) is 0 Å². The average molecular weight is 457 g/mol. The van der Waals surface area contributed by atoms with Gasteiger partial charge in [0.15, 0.2) is 0 Å². The number of piperidine rings is 1. The van der Waals surface area contributed by atoms with Gasteiger partial charge >= 0.3 is 6.03 Å². The van der Waals surface area contributed by atoms with Gasteiger partial charge in [0.1, 0.15) is 5.82 Å². The number of carbonyl (C=O) groups is 2. The fraction of sp³-hybridized carbons (Fsp3) is 0.720. The lowest BCUT2D eigenvalue weighted by molar-refractivity contribution is -0.131. The van der Waals surface area contributed by atoms with Crippen molar-refractivity contribution in [1.29, 1.82) is 0 Å².